The SMILES string of the molecule is CC(C)C(=O)Oc1ccc(Cl)cc1Cc1cc(Cl)ccc1OC(=O)C(C)C. The van der Waals surface area contributed by atoms with Crippen molar-refractivity contribution in [2.45, 2.75) is 34.1 Å². The van der Waals surface area contributed by atoms with Gasteiger partial charge in [0.25, 0.3) is 0 Å². The molecule has 0 bridgehead atoms. The van der Waals surface area contributed by atoms with Gasteiger partial charge in [-0.25, -0.2) is 0 Å². The summed E-state index contributed by atoms with van der Waals surface area (Å²) in [5.74, 6) is -0.366. The van der Waals surface area contributed by atoms with E-state index < -0.39 is 0 Å². The number of rotatable bonds is 6. The predicted octanol–water partition coefficient (Wildman–Crippen LogP) is 5.71. The first-order valence-electron chi connectivity index (χ1n) is 8.67. The summed E-state index contributed by atoms with van der Waals surface area (Å²) in [5.41, 5.74) is 1.39. The Kier molecular flexibility index (Phi) is 7.28. The second-order valence-electron chi connectivity index (χ2n) is 6.83. The lowest BCUT2D eigenvalue weighted by atomic mass is 10.0. The highest BCUT2D eigenvalue weighted by Gasteiger charge is 2.17. The average Bonchev–Trinajstić information content (AvgIpc) is 2.59. The maximum absolute atomic E-state index is 12.0. The summed E-state index contributed by atoms with van der Waals surface area (Å²) in [6, 6.07) is 10.1. The number of benzene rings is 2. The lowest BCUT2D eigenvalue weighted by Gasteiger charge is -2.15. The molecule has 2 aromatic rings. The topological polar surface area (TPSA) is 52.6 Å². The molecule has 2 rings (SSSR count). The molecule has 27 heavy (non-hydrogen) atoms. The van der Waals surface area contributed by atoms with E-state index in [4.69, 9.17) is 32.7 Å². The smallest absolute Gasteiger partial charge is 0.313 e. The van der Waals surface area contributed by atoms with Crippen LogP contribution >= 0.6 is 23.2 Å². The van der Waals surface area contributed by atoms with Crippen molar-refractivity contribution in [2.24, 2.45) is 11.8 Å². The normalized spacial score (nSPS) is 11.0. The van der Waals surface area contributed by atoms with Gasteiger partial charge in [0.15, 0.2) is 0 Å². The largest absolute Gasteiger partial charge is 0.426 e. The number of ether oxygens (including phenoxy) is 2. The fourth-order valence-electron chi connectivity index (χ4n) is 2.23. The number of hydrogen-bond acceptors (Lipinski definition) is 4. The Balaban J connectivity index is 2.38. The summed E-state index contributed by atoms with van der Waals surface area (Å²) < 4.78 is 11.0. The van der Waals surface area contributed by atoms with Crippen molar-refractivity contribution in [1.82, 2.24) is 0 Å². The van der Waals surface area contributed by atoms with Crippen LogP contribution in [0.25, 0.3) is 0 Å². The van der Waals surface area contributed by atoms with Gasteiger partial charge in [-0.05, 0) is 36.4 Å². The van der Waals surface area contributed by atoms with Crippen LogP contribution in [0.2, 0.25) is 10.0 Å². The Morgan fingerprint density at radius 3 is 1.48 bits per heavy atom. The third-order valence-electron chi connectivity index (χ3n) is 3.79. The molecule has 4 nitrogen and oxygen atoms in total. The first-order valence-corrected chi connectivity index (χ1v) is 9.43. The minimum Gasteiger partial charge on any atom is -0.426 e. The van der Waals surface area contributed by atoms with Gasteiger partial charge in [0.05, 0.1) is 11.8 Å². The minimum atomic E-state index is -0.337. The molecule has 0 fully saturated rings. The van der Waals surface area contributed by atoms with E-state index >= 15 is 0 Å². The van der Waals surface area contributed by atoms with Gasteiger partial charge < -0.3 is 9.47 Å². The molecule has 0 saturated heterocycles. The number of carbonyl (C=O) groups excluding carboxylic acids is 2. The van der Waals surface area contributed by atoms with Crippen molar-refractivity contribution < 1.29 is 19.1 Å². The lowest BCUT2D eigenvalue weighted by molar-refractivity contribution is -0.138. The molecule has 0 atom stereocenters. The van der Waals surface area contributed by atoms with Gasteiger partial charge in [0.2, 0.25) is 0 Å². The van der Waals surface area contributed by atoms with Crippen LogP contribution < -0.4 is 9.47 Å². The van der Waals surface area contributed by atoms with Crippen molar-refractivity contribution in [3.8, 4) is 11.5 Å². The standard InChI is InChI=1S/C21H22Cl2O4/c1-12(2)20(24)26-18-7-5-16(22)10-14(18)9-15-11-17(23)6-8-19(15)27-21(25)13(3)4/h5-8,10-13H,9H2,1-4H3. The van der Waals surface area contributed by atoms with Crippen LogP contribution in [0.15, 0.2) is 36.4 Å². The molecule has 144 valence electrons. The number of carbonyl (C=O) groups is 2. The molecule has 0 amide bonds. The van der Waals surface area contributed by atoms with E-state index in [1.54, 1.807) is 64.1 Å². The molecule has 6 heteroatoms. The van der Waals surface area contributed by atoms with Crippen molar-refractivity contribution in [3.05, 3.63) is 57.6 Å². The molecule has 0 radical (unpaired) electrons. The van der Waals surface area contributed by atoms with E-state index in [2.05, 4.69) is 0 Å². The highest BCUT2D eigenvalue weighted by molar-refractivity contribution is 6.31. The zero-order valence-electron chi connectivity index (χ0n) is 15.7. The van der Waals surface area contributed by atoms with Gasteiger partial charge >= 0.3 is 11.9 Å². The quantitative estimate of drug-likeness (QED) is 0.453. The van der Waals surface area contributed by atoms with Crippen LogP contribution in [0, 0.1) is 11.8 Å². The molecular weight excluding hydrogens is 387 g/mol. The number of halogens is 2. The molecule has 0 N–H and O–H groups in total. The lowest BCUT2D eigenvalue weighted by Crippen LogP contribution is -2.16. The number of hydrogen-bond donors (Lipinski definition) is 0. The fraction of sp³-hybridized carbons (Fsp3) is 0.333. The maximum atomic E-state index is 12.0. The van der Waals surface area contributed by atoms with Crippen LogP contribution in [0.1, 0.15) is 38.8 Å². The molecule has 0 aliphatic carbocycles. The summed E-state index contributed by atoms with van der Waals surface area (Å²) in [6.45, 7) is 7.05. The van der Waals surface area contributed by atoms with Gasteiger partial charge in [-0.1, -0.05) is 50.9 Å². The highest BCUT2D eigenvalue weighted by atomic mass is 35.5. The Morgan fingerprint density at radius 2 is 1.15 bits per heavy atom. The van der Waals surface area contributed by atoms with Crippen LogP contribution in [-0.2, 0) is 16.0 Å². The van der Waals surface area contributed by atoms with Crippen LogP contribution in [-0.4, -0.2) is 11.9 Å². The maximum Gasteiger partial charge on any atom is 0.313 e. The first-order chi connectivity index (χ1) is 12.7. The Bertz CT molecular complexity index is 775. The minimum absolute atomic E-state index is 0.262. The Hall–Kier alpha value is -2.04. The van der Waals surface area contributed by atoms with Crippen LogP contribution in [0.3, 0.4) is 0 Å². The summed E-state index contributed by atoms with van der Waals surface area (Å²) in [6.07, 6.45) is 0.336. The highest BCUT2D eigenvalue weighted by Crippen LogP contribution is 2.31. The van der Waals surface area contributed by atoms with Crippen molar-refractivity contribution in [1.29, 1.82) is 0 Å². The molecular formula is C21H22Cl2O4. The summed E-state index contributed by atoms with van der Waals surface area (Å²) >= 11 is 12.3. The molecule has 2 aromatic carbocycles. The second-order valence-corrected chi connectivity index (χ2v) is 7.71. The van der Waals surface area contributed by atoms with Gasteiger partial charge in [-0.15, -0.1) is 0 Å². The number of esters is 2. The first kappa shape index (κ1) is 21.3. The molecule has 0 heterocycles. The second kappa shape index (κ2) is 9.25. The fourth-order valence-corrected chi connectivity index (χ4v) is 2.62. The monoisotopic (exact) mass is 408 g/mol. The third kappa shape index (κ3) is 5.98. The Labute approximate surface area is 169 Å². The van der Waals surface area contributed by atoms with Gasteiger partial charge in [-0.3, -0.25) is 9.59 Å². The van der Waals surface area contributed by atoms with E-state index in [0.717, 1.165) is 0 Å². The summed E-state index contributed by atoms with van der Waals surface area (Å²) in [4.78, 5) is 24.0. The van der Waals surface area contributed by atoms with E-state index in [-0.39, 0.29) is 23.8 Å². The molecule has 0 aliphatic rings. The molecule has 0 aromatic heterocycles. The average molecular weight is 409 g/mol. The predicted molar refractivity (Wildman–Crippen MR) is 107 cm³/mol. The van der Waals surface area contributed by atoms with Crippen LogP contribution in [0.5, 0.6) is 11.5 Å². The van der Waals surface area contributed by atoms with E-state index in [1.165, 1.54) is 0 Å². The van der Waals surface area contributed by atoms with Crippen molar-refractivity contribution in [2.75, 3.05) is 0 Å². The van der Waals surface area contributed by atoms with Crippen molar-refractivity contribution >= 4 is 35.1 Å². The third-order valence-corrected chi connectivity index (χ3v) is 4.26. The zero-order chi connectivity index (χ0) is 20.1. The summed E-state index contributed by atoms with van der Waals surface area (Å²) in [7, 11) is 0. The van der Waals surface area contributed by atoms with Gasteiger partial charge in [0.1, 0.15) is 11.5 Å². The van der Waals surface area contributed by atoms with E-state index in [9.17, 15) is 9.59 Å². The molecule has 0 aliphatic heterocycles. The van der Waals surface area contributed by atoms with Gasteiger partial charge in [-0.2, -0.15) is 0 Å². The van der Waals surface area contributed by atoms with E-state index in [0.29, 0.717) is 39.1 Å². The molecule has 0 saturated carbocycles. The van der Waals surface area contributed by atoms with Crippen molar-refractivity contribution in [3.63, 3.8) is 0 Å². The van der Waals surface area contributed by atoms with Gasteiger partial charge in [0, 0.05) is 27.6 Å². The molecule has 0 unspecified atom stereocenters. The van der Waals surface area contributed by atoms with E-state index in [1.807, 2.05) is 0 Å². The summed E-state index contributed by atoms with van der Waals surface area (Å²) in [5, 5.41) is 1.02. The van der Waals surface area contributed by atoms with Crippen LogP contribution in [0.4, 0.5) is 0 Å². The Morgan fingerprint density at radius 1 is 0.778 bits per heavy atom. The molecule has 0 spiro atoms. The zero-order valence-corrected chi connectivity index (χ0v) is 17.2.